The molecule has 0 atom stereocenters. The first kappa shape index (κ1) is 11.6. The lowest BCUT2D eigenvalue weighted by molar-refractivity contribution is 0.617. The third-order valence-electron chi connectivity index (χ3n) is 2.36. The van der Waals surface area contributed by atoms with Crippen molar-refractivity contribution in [1.82, 2.24) is 9.78 Å². The SMILES string of the molecule is NC(=S)Nc1ccn(CCc2ccccc2)n1. The van der Waals surface area contributed by atoms with Crippen molar-refractivity contribution in [2.45, 2.75) is 13.0 Å². The Morgan fingerprint density at radius 3 is 2.76 bits per heavy atom. The molecule has 4 nitrogen and oxygen atoms in total. The maximum absolute atomic E-state index is 5.37. The normalized spacial score (nSPS) is 10.1. The number of nitrogens with two attached hydrogens (primary N) is 1. The first-order chi connectivity index (χ1) is 8.24. The van der Waals surface area contributed by atoms with Gasteiger partial charge in [-0.25, -0.2) is 0 Å². The van der Waals surface area contributed by atoms with Crippen molar-refractivity contribution in [2.24, 2.45) is 5.73 Å². The monoisotopic (exact) mass is 246 g/mol. The standard InChI is InChI=1S/C12H14N4S/c13-12(17)14-11-7-9-16(15-11)8-6-10-4-2-1-3-5-10/h1-5,7,9H,6,8H2,(H3,13,14,15,17). The van der Waals surface area contributed by atoms with Gasteiger partial charge in [-0.15, -0.1) is 0 Å². The van der Waals surface area contributed by atoms with Crippen LogP contribution in [0.15, 0.2) is 42.6 Å². The number of benzene rings is 1. The Balaban J connectivity index is 1.91. The number of hydrogen-bond acceptors (Lipinski definition) is 2. The van der Waals surface area contributed by atoms with Gasteiger partial charge in [-0.1, -0.05) is 30.3 Å². The predicted octanol–water partition coefficient (Wildman–Crippen LogP) is 1.78. The molecule has 0 aliphatic carbocycles. The molecule has 17 heavy (non-hydrogen) atoms. The number of thiocarbonyl (C=S) groups is 1. The Labute approximate surface area is 105 Å². The fraction of sp³-hybridized carbons (Fsp3) is 0.167. The molecule has 1 heterocycles. The van der Waals surface area contributed by atoms with Crippen molar-refractivity contribution in [3.63, 3.8) is 0 Å². The number of nitrogens with zero attached hydrogens (tertiary/aromatic N) is 2. The second kappa shape index (κ2) is 5.45. The van der Waals surface area contributed by atoms with Gasteiger partial charge in [-0.3, -0.25) is 4.68 Å². The van der Waals surface area contributed by atoms with E-state index in [4.69, 9.17) is 18.0 Å². The highest BCUT2D eigenvalue weighted by atomic mass is 32.1. The Morgan fingerprint density at radius 2 is 2.06 bits per heavy atom. The molecule has 0 amide bonds. The van der Waals surface area contributed by atoms with Crippen molar-refractivity contribution in [1.29, 1.82) is 0 Å². The van der Waals surface area contributed by atoms with E-state index in [0.29, 0.717) is 5.82 Å². The van der Waals surface area contributed by atoms with E-state index < -0.39 is 0 Å². The molecule has 2 aromatic rings. The van der Waals surface area contributed by atoms with Gasteiger partial charge in [0.2, 0.25) is 0 Å². The number of aromatic nitrogens is 2. The van der Waals surface area contributed by atoms with Gasteiger partial charge in [0, 0.05) is 18.8 Å². The van der Waals surface area contributed by atoms with Gasteiger partial charge >= 0.3 is 0 Å². The minimum atomic E-state index is 0.235. The van der Waals surface area contributed by atoms with Gasteiger partial charge in [0.1, 0.15) is 0 Å². The summed E-state index contributed by atoms with van der Waals surface area (Å²) in [6.45, 7) is 0.836. The third kappa shape index (κ3) is 3.57. The summed E-state index contributed by atoms with van der Waals surface area (Å²) >= 11 is 4.75. The summed E-state index contributed by atoms with van der Waals surface area (Å²) in [7, 11) is 0. The Hall–Kier alpha value is -1.88. The van der Waals surface area contributed by atoms with Crippen LogP contribution in [0, 0.1) is 0 Å². The van der Waals surface area contributed by atoms with Gasteiger partial charge in [0.25, 0.3) is 0 Å². The van der Waals surface area contributed by atoms with Crippen LogP contribution in [-0.4, -0.2) is 14.9 Å². The summed E-state index contributed by atoms with van der Waals surface area (Å²) in [5, 5.41) is 7.34. The molecule has 1 aromatic heterocycles. The van der Waals surface area contributed by atoms with Gasteiger partial charge in [0.05, 0.1) is 0 Å². The number of nitrogens with one attached hydrogen (secondary N) is 1. The van der Waals surface area contributed by atoms with Crippen LogP contribution in [0.4, 0.5) is 5.82 Å². The van der Waals surface area contributed by atoms with Crippen molar-refractivity contribution < 1.29 is 0 Å². The van der Waals surface area contributed by atoms with Gasteiger partial charge in [-0.2, -0.15) is 5.10 Å². The minimum Gasteiger partial charge on any atom is -0.376 e. The maximum atomic E-state index is 5.37. The highest BCUT2D eigenvalue weighted by Crippen LogP contribution is 2.05. The molecule has 5 heteroatoms. The zero-order valence-corrected chi connectivity index (χ0v) is 10.2. The first-order valence-corrected chi connectivity index (χ1v) is 5.79. The molecule has 0 saturated heterocycles. The molecule has 0 bridgehead atoms. The molecule has 1 aromatic carbocycles. The van der Waals surface area contributed by atoms with Crippen LogP contribution in [0.2, 0.25) is 0 Å². The van der Waals surface area contributed by atoms with E-state index in [9.17, 15) is 0 Å². The van der Waals surface area contributed by atoms with Crippen LogP contribution in [0.25, 0.3) is 0 Å². The fourth-order valence-corrected chi connectivity index (χ4v) is 1.67. The lowest BCUT2D eigenvalue weighted by Crippen LogP contribution is -2.19. The zero-order valence-electron chi connectivity index (χ0n) is 9.34. The summed E-state index contributed by atoms with van der Waals surface area (Å²) in [5.74, 6) is 0.686. The zero-order chi connectivity index (χ0) is 12.1. The molecule has 0 aliphatic heterocycles. The fourth-order valence-electron chi connectivity index (χ4n) is 1.57. The first-order valence-electron chi connectivity index (χ1n) is 5.38. The van der Waals surface area contributed by atoms with Gasteiger partial charge < -0.3 is 11.1 Å². The average molecular weight is 246 g/mol. The Kier molecular flexibility index (Phi) is 3.72. The van der Waals surface area contributed by atoms with Crippen LogP contribution in [-0.2, 0) is 13.0 Å². The number of hydrogen-bond donors (Lipinski definition) is 2. The van der Waals surface area contributed by atoms with Gasteiger partial charge in [0.15, 0.2) is 10.9 Å². The third-order valence-corrected chi connectivity index (χ3v) is 2.47. The molecule has 0 saturated carbocycles. The van der Waals surface area contributed by atoms with E-state index in [-0.39, 0.29) is 5.11 Å². The van der Waals surface area contributed by atoms with E-state index in [1.54, 1.807) is 0 Å². The number of rotatable bonds is 4. The minimum absolute atomic E-state index is 0.235. The second-order valence-corrected chi connectivity index (χ2v) is 4.13. The Bertz CT molecular complexity index is 492. The lowest BCUT2D eigenvalue weighted by atomic mass is 10.2. The topological polar surface area (TPSA) is 55.9 Å². The molecule has 0 radical (unpaired) electrons. The largest absolute Gasteiger partial charge is 0.376 e. The molecule has 88 valence electrons. The van der Waals surface area contributed by atoms with E-state index in [1.165, 1.54) is 5.56 Å². The van der Waals surface area contributed by atoms with Crippen LogP contribution in [0.5, 0.6) is 0 Å². The van der Waals surface area contributed by atoms with Crippen molar-refractivity contribution in [3.8, 4) is 0 Å². The van der Waals surface area contributed by atoms with Crippen molar-refractivity contribution in [3.05, 3.63) is 48.2 Å². The van der Waals surface area contributed by atoms with E-state index in [0.717, 1.165) is 13.0 Å². The molecular weight excluding hydrogens is 232 g/mol. The van der Waals surface area contributed by atoms with Crippen LogP contribution >= 0.6 is 12.2 Å². The van der Waals surface area contributed by atoms with Crippen molar-refractivity contribution in [2.75, 3.05) is 5.32 Å². The molecule has 2 rings (SSSR count). The molecule has 0 spiro atoms. The number of aryl methyl sites for hydroxylation is 2. The summed E-state index contributed by atoms with van der Waals surface area (Å²) < 4.78 is 1.87. The van der Waals surface area contributed by atoms with Crippen LogP contribution in [0.3, 0.4) is 0 Å². The highest BCUT2D eigenvalue weighted by molar-refractivity contribution is 7.80. The maximum Gasteiger partial charge on any atom is 0.169 e. The molecular formula is C12H14N4S. The lowest BCUT2D eigenvalue weighted by Gasteiger charge is -2.02. The van der Waals surface area contributed by atoms with Crippen LogP contribution < -0.4 is 11.1 Å². The van der Waals surface area contributed by atoms with E-state index >= 15 is 0 Å². The molecule has 0 aliphatic rings. The summed E-state index contributed by atoms with van der Waals surface area (Å²) in [4.78, 5) is 0. The smallest absolute Gasteiger partial charge is 0.169 e. The number of anilines is 1. The molecule has 3 N–H and O–H groups in total. The highest BCUT2D eigenvalue weighted by Gasteiger charge is 1.99. The summed E-state index contributed by atoms with van der Waals surface area (Å²) in [5.41, 5.74) is 6.67. The Morgan fingerprint density at radius 1 is 1.29 bits per heavy atom. The van der Waals surface area contributed by atoms with Gasteiger partial charge in [-0.05, 0) is 24.2 Å². The van der Waals surface area contributed by atoms with E-state index in [2.05, 4.69) is 22.5 Å². The molecule has 0 fully saturated rings. The summed E-state index contributed by atoms with van der Waals surface area (Å²) in [6, 6.07) is 12.2. The van der Waals surface area contributed by atoms with E-state index in [1.807, 2.05) is 35.1 Å². The summed E-state index contributed by atoms with van der Waals surface area (Å²) in [6.07, 6.45) is 2.86. The average Bonchev–Trinajstić information content (AvgIpc) is 2.75. The van der Waals surface area contributed by atoms with Crippen LogP contribution in [0.1, 0.15) is 5.56 Å². The van der Waals surface area contributed by atoms with Crippen molar-refractivity contribution >= 4 is 23.1 Å². The second-order valence-electron chi connectivity index (χ2n) is 3.69. The predicted molar refractivity (Wildman–Crippen MR) is 72.8 cm³/mol. The quantitative estimate of drug-likeness (QED) is 0.807. The molecule has 0 unspecified atom stereocenters.